The van der Waals surface area contributed by atoms with Crippen LogP contribution in [0, 0.1) is 17.8 Å². The molecule has 0 aliphatic carbocycles. The SMILES string of the molecule is CCOc1ccc(NC(=O)[C@@H]2[C@H]3C(=O)N([C@@H](CO)C(C)C)C(C(=O)NCCN4CCOCC4)C34CC[C@@]2(C)O4)cc1. The van der Waals surface area contributed by atoms with Gasteiger partial charge in [0.15, 0.2) is 0 Å². The van der Waals surface area contributed by atoms with E-state index in [-0.39, 0.29) is 30.2 Å². The van der Waals surface area contributed by atoms with Crippen molar-refractivity contribution in [1.29, 1.82) is 0 Å². The molecule has 5 rings (SSSR count). The average molecular weight is 573 g/mol. The summed E-state index contributed by atoms with van der Waals surface area (Å²) in [6.45, 7) is 11.9. The molecule has 41 heavy (non-hydrogen) atoms. The second kappa shape index (κ2) is 11.9. The molecule has 4 aliphatic rings. The summed E-state index contributed by atoms with van der Waals surface area (Å²) < 4.78 is 17.6. The van der Waals surface area contributed by atoms with E-state index >= 15 is 0 Å². The van der Waals surface area contributed by atoms with E-state index in [0.717, 1.165) is 13.1 Å². The van der Waals surface area contributed by atoms with Crippen molar-refractivity contribution in [2.24, 2.45) is 17.8 Å². The van der Waals surface area contributed by atoms with Crippen molar-refractivity contribution in [3.05, 3.63) is 24.3 Å². The van der Waals surface area contributed by atoms with Crippen LogP contribution in [0.4, 0.5) is 5.69 Å². The number of likely N-dealkylation sites (tertiary alicyclic amines) is 1. The number of aliphatic hydroxyl groups excluding tert-OH is 1. The molecule has 4 saturated heterocycles. The molecular weight excluding hydrogens is 528 g/mol. The van der Waals surface area contributed by atoms with E-state index in [4.69, 9.17) is 14.2 Å². The second-order valence-electron chi connectivity index (χ2n) is 12.2. The number of anilines is 1. The van der Waals surface area contributed by atoms with E-state index in [1.807, 2.05) is 27.7 Å². The lowest BCUT2D eigenvalue weighted by Crippen LogP contribution is -2.59. The Labute approximate surface area is 241 Å². The minimum absolute atomic E-state index is 0.105. The Kier molecular flexibility index (Phi) is 8.61. The first kappa shape index (κ1) is 29.8. The highest BCUT2D eigenvalue weighted by atomic mass is 16.5. The predicted molar refractivity (Wildman–Crippen MR) is 151 cm³/mol. The molecule has 6 atom stereocenters. The minimum Gasteiger partial charge on any atom is -0.494 e. The van der Waals surface area contributed by atoms with Gasteiger partial charge in [-0.15, -0.1) is 0 Å². The molecule has 3 N–H and O–H groups in total. The Bertz CT molecular complexity index is 1120. The average Bonchev–Trinajstić information content (AvgIpc) is 3.51. The molecule has 4 aliphatic heterocycles. The molecule has 0 aromatic heterocycles. The lowest BCUT2D eigenvalue weighted by atomic mass is 9.66. The first-order valence-electron chi connectivity index (χ1n) is 14.9. The van der Waals surface area contributed by atoms with Gasteiger partial charge < -0.3 is 34.9 Å². The molecule has 1 aromatic carbocycles. The molecule has 11 nitrogen and oxygen atoms in total. The Hall–Kier alpha value is -2.73. The van der Waals surface area contributed by atoms with Crippen molar-refractivity contribution < 1.29 is 33.7 Å². The highest BCUT2D eigenvalue weighted by Gasteiger charge is 2.78. The summed E-state index contributed by atoms with van der Waals surface area (Å²) in [6, 6.07) is 5.59. The quantitative estimate of drug-likeness (QED) is 0.362. The highest BCUT2D eigenvalue weighted by molar-refractivity contribution is 6.02. The van der Waals surface area contributed by atoms with Crippen LogP contribution in [0.5, 0.6) is 5.75 Å². The third-order valence-electron chi connectivity index (χ3n) is 9.32. The van der Waals surface area contributed by atoms with E-state index in [1.165, 1.54) is 4.90 Å². The number of ether oxygens (including phenoxy) is 3. The summed E-state index contributed by atoms with van der Waals surface area (Å²) in [5.41, 5.74) is -1.44. The van der Waals surface area contributed by atoms with E-state index in [2.05, 4.69) is 15.5 Å². The number of rotatable bonds is 11. The van der Waals surface area contributed by atoms with Crippen LogP contribution in [0.15, 0.2) is 24.3 Å². The number of hydrogen-bond acceptors (Lipinski definition) is 8. The van der Waals surface area contributed by atoms with Gasteiger partial charge in [0.1, 0.15) is 17.4 Å². The van der Waals surface area contributed by atoms with Gasteiger partial charge in [-0.3, -0.25) is 19.3 Å². The lowest BCUT2D eigenvalue weighted by Gasteiger charge is -2.38. The number of nitrogens with one attached hydrogen (secondary N) is 2. The molecule has 2 unspecified atom stereocenters. The summed E-state index contributed by atoms with van der Waals surface area (Å²) in [4.78, 5) is 45.8. The van der Waals surface area contributed by atoms with Gasteiger partial charge in [0.05, 0.1) is 49.9 Å². The van der Waals surface area contributed by atoms with Gasteiger partial charge in [-0.25, -0.2) is 0 Å². The van der Waals surface area contributed by atoms with Crippen molar-refractivity contribution in [3.8, 4) is 5.75 Å². The number of nitrogens with zero attached hydrogens (tertiary/aromatic N) is 2. The topological polar surface area (TPSA) is 130 Å². The Morgan fingerprint density at radius 3 is 2.49 bits per heavy atom. The summed E-state index contributed by atoms with van der Waals surface area (Å²) in [6.07, 6.45) is 1.04. The molecule has 3 amide bonds. The van der Waals surface area contributed by atoms with Crippen LogP contribution in [0.2, 0.25) is 0 Å². The summed E-state index contributed by atoms with van der Waals surface area (Å²) in [5, 5.41) is 16.4. The molecular formula is C30H44N4O7. The zero-order valence-electron chi connectivity index (χ0n) is 24.6. The third kappa shape index (κ3) is 5.33. The first-order valence-corrected chi connectivity index (χ1v) is 14.9. The fourth-order valence-electron chi connectivity index (χ4n) is 7.32. The molecule has 1 aromatic rings. The van der Waals surface area contributed by atoms with Crippen LogP contribution in [-0.4, -0.2) is 109 Å². The first-order chi connectivity index (χ1) is 19.6. The van der Waals surface area contributed by atoms with Crippen molar-refractivity contribution in [3.63, 3.8) is 0 Å². The van der Waals surface area contributed by atoms with Crippen molar-refractivity contribution in [1.82, 2.24) is 15.1 Å². The number of hydrogen-bond donors (Lipinski definition) is 3. The van der Waals surface area contributed by atoms with Gasteiger partial charge in [0, 0.05) is 31.9 Å². The largest absolute Gasteiger partial charge is 0.494 e. The van der Waals surface area contributed by atoms with Crippen molar-refractivity contribution >= 4 is 23.4 Å². The maximum Gasteiger partial charge on any atom is 0.245 e. The fraction of sp³-hybridized carbons (Fsp3) is 0.700. The standard InChI is InChI=1S/C30H44N4O7/c1-5-40-21-8-6-20(7-9-21)32-26(36)23-24-28(38)34(22(18-35)19(2)3)25(30(24)11-10-29(23,4)41-30)27(37)31-12-13-33-14-16-39-17-15-33/h6-9,19,22-25,35H,5,10-18H2,1-4H3,(H,31,37)(H,32,36)/t22-,23-,24-,25?,29+,30?/m0/s1. The van der Waals surface area contributed by atoms with Crippen molar-refractivity contribution in [2.75, 3.05) is 57.9 Å². The van der Waals surface area contributed by atoms with Crippen LogP contribution < -0.4 is 15.4 Å². The van der Waals surface area contributed by atoms with Gasteiger partial charge in [0.2, 0.25) is 17.7 Å². The predicted octanol–water partition coefficient (Wildman–Crippen LogP) is 1.25. The smallest absolute Gasteiger partial charge is 0.245 e. The zero-order valence-corrected chi connectivity index (χ0v) is 24.6. The monoisotopic (exact) mass is 572 g/mol. The third-order valence-corrected chi connectivity index (χ3v) is 9.32. The maximum atomic E-state index is 14.3. The summed E-state index contributed by atoms with van der Waals surface area (Å²) in [7, 11) is 0. The van der Waals surface area contributed by atoms with Gasteiger partial charge in [-0.05, 0) is 56.9 Å². The Morgan fingerprint density at radius 1 is 1.15 bits per heavy atom. The van der Waals surface area contributed by atoms with Crippen LogP contribution in [-0.2, 0) is 23.9 Å². The second-order valence-corrected chi connectivity index (χ2v) is 12.2. The lowest BCUT2D eigenvalue weighted by molar-refractivity contribution is -0.150. The number of morpholine rings is 1. The van der Waals surface area contributed by atoms with Gasteiger partial charge in [-0.1, -0.05) is 13.8 Å². The summed E-state index contributed by atoms with van der Waals surface area (Å²) in [5.74, 6) is -1.93. The Balaban J connectivity index is 1.41. The maximum absolute atomic E-state index is 14.3. The number of amides is 3. The molecule has 0 saturated carbocycles. The number of carbonyl (C=O) groups excluding carboxylic acids is 3. The van der Waals surface area contributed by atoms with Gasteiger partial charge >= 0.3 is 0 Å². The van der Waals surface area contributed by atoms with E-state index in [9.17, 15) is 19.5 Å². The molecule has 226 valence electrons. The van der Waals surface area contributed by atoms with Gasteiger partial charge in [0.25, 0.3) is 0 Å². The fourth-order valence-corrected chi connectivity index (χ4v) is 7.32. The van der Waals surface area contributed by atoms with E-state index in [1.54, 1.807) is 24.3 Å². The zero-order chi connectivity index (χ0) is 29.4. The number of fused-ring (bicyclic) bond motifs is 1. The number of carbonyl (C=O) groups is 3. The minimum atomic E-state index is -1.14. The molecule has 4 heterocycles. The van der Waals surface area contributed by atoms with E-state index < -0.39 is 35.1 Å². The normalized spacial score (nSPS) is 31.8. The van der Waals surface area contributed by atoms with Crippen molar-refractivity contribution in [2.45, 2.75) is 63.8 Å². The molecule has 2 bridgehead atoms. The molecule has 11 heteroatoms. The molecule has 0 radical (unpaired) electrons. The Morgan fingerprint density at radius 2 is 1.85 bits per heavy atom. The van der Waals surface area contributed by atoms with Crippen LogP contribution in [0.3, 0.4) is 0 Å². The molecule has 1 spiro atoms. The number of aliphatic hydroxyl groups is 1. The van der Waals surface area contributed by atoms with E-state index in [0.29, 0.717) is 57.2 Å². The summed E-state index contributed by atoms with van der Waals surface area (Å²) >= 11 is 0. The van der Waals surface area contributed by atoms with Crippen LogP contribution in [0.25, 0.3) is 0 Å². The van der Waals surface area contributed by atoms with Crippen LogP contribution >= 0.6 is 0 Å². The van der Waals surface area contributed by atoms with Crippen LogP contribution in [0.1, 0.15) is 40.5 Å². The highest BCUT2D eigenvalue weighted by Crippen LogP contribution is 2.63. The molecule has 4 fully saturated rings. The van der Waals surface area contributed by atoms with Gasteiger partial charge in [-0.2, -0.15) is 0 Å². The number of benzene rings is 1.